The summed E-state index contributed by atoms with van der Waals surface area (Å²) in [5, 5.41) is 1.21. The Kier molecular flexibility index (Phi) is 13.7. The minimum atomic E-state index is -0.513. The van der Waals surface area contributed by atoms with E-state index < -0.39 is 5.92 Å². The van der Waals surface area contributed by atoms with Crippen LogP contribution in [0.1, 0.15) is 90.0 Å². The van der Waals surface area contributed by atoms with Gasteiger partial charge in [-0.05, 0) is 31.7 Å². The normalized spacial score (nSPS) is 11.8. The third kappa shape index (κ3) is 11.9. The molecule has 5 heteroatoms. The monoisotopic (exact) mass is 416 g/mol. The Morgan fingerprint density at radius 1 is 0.933 bits per heavy atom. The van der Waals surface area contributed by atoms with E-state index in [1.165, 1.54) is 44.0 Å². The second kappa shape index (κ2) is 15.8. The van der Waals surface area contributed by atoms with Crippen molar-refractivity contribution in [3.8, 4) is 0 Å². The number of carbonyl (C=O) groups excluding carboxylic acids is 3. The number of hydrazine groups is 1. The van der Waals surface area contributed by atoms with Crippen LogP contribution in [-0.4, -0.2) is 29.0 Å². The molecule has 1 rings (SSSR count). The molecule has 30 heavy (non-hydrogen) atoms. The van der Waals surface area contributed by atoms with Crippen molar-refractivity contribution in [1.82, 2.24) is 5.01 Å². The van der Waals surface area contributed by atoms with Crippen LogP contribution in [0.5, 0.6) is 0 Å². The zero-order chi connectivity index (χ0) is 22.2. The van der Waals surface area contributed by atoms with E-state index in [0.29, 0.717) is 32.2 Å². The maximum atomic E-state index is 12.7. The molecule has 0 aromatic heterocycles. The first-order chi connectivity index (χ1) is 14.4. The van der Waals surface area contributed by atoms with E-state index in [4.69, 9.17) is 5.84 Å². The Morgan fingerprint density at radius 3 is 2.20 bits per heavy atom. The van der Waals surface area contributed by atoms with Crippen LogP contribution < -0.4 is 5.84 Å². The number of carbonyl (C=O) groups is 3. The number of hydrogen-bond acceptors (Lipinski definition) is 4. The number of nitrogens with two attached hydrogens (primary N) is 1. The van der Waals surface area contributed by atoms with Crippen molar-refractivity contribution in [1.29, 1.82) is 0 Å². The van der Waals surface area contributed by atoms with Gasteiger partial charge in [0.2, 0.25) is 5.91 Å². The molecule has 0 bridgehead atoms. The van der Waals surface area contributed by atoms with Crippen molar-refractivity contribution in [2.45, 2.75) is 90.9 Å². The highest BCUT2D eigenvalue weighted by Gasteiger charge is 2.24. The second-order valence-corrected chi connectivity index (χ2v) is 8.32. The maximum absolute atomic E-state index is 12.7. The summed E-state index contributed by atoms with van der Waals surface area (Å²) in [4.78, 5) is 36.6. The molecule has 0 unspecified atom stereocenters. The second-order valence-electron chi connectivity index (χ2n) is 8.32. The summed E-state index contributed by atoms with van der Waals surface area (Å²) in [5.74, 6) is 5.35. The minimum absolute atomic E-state index is 0.0515. The van der Waals surface area contributed by atoms with E-state index in [-0.39, 0.29) is 23.9 Å². The molecule has 0 saturated carbocycles. The van der Waals surface area contributed by atoms with E-state index >= 15 is 0 Å². The van der Waals surface area contributed by atoms with Crippen molar-refractivity contribution in [3.63, 3.8) is 0 Å². The number of unbranched alkanes of at least 4 members (excludes halogenated alkanes) is 6. The van der Waals surface area contributed by atoms with Gasteiger partial charge in [-0.2, -0.15) is 0 Å². The van der Waals surface area contributed by atoms with Gasteiger partial charge in [-0.1, -0.05) is 75.8 Å². The van der Waals surface area contributed by atoms with Crippen LogP contribution in [0.3, 0.4) is 0 Å². The van der Waals surface area contributed by atoms with Crippen LogP contribution in [0.25, 0.3) is 0 Å². The first kappa shape index (κ1) is 26.0. The van der Waals surface area contributed by atoms with Gasteiger partial charge >= 0.3 is 0 Å². The number of rotatable bonds is 17. The topological polar surface area (TPSA) is 80.5 Å². The van der Waals surface area contributed by atoms with Crippen molar-refractivity contribution < 1.29 is 14.4 Å². The SMILES string of the molecule is CCCCCCCCCC(=O)CC[C@@H](CC(C)=O)C(=O)N(N)CCc1ccccc1. The zero-order valence-corrected chi connectivity index (χ0v) is 18.9. The first-order valence-electron chi connectivity index (χ1n) is 11.5. The standard InChI is InChI=1S/C25H40N2O3/c1-3-4-5-6-7-8-12-15-24(29)17-16-23(20-21(2)28)25(30)27(26)19-18-22-13-10-9-11-14-22/h9-11,13-14,23H,3-8,12,15-20,26H2,1-2H3/t23-/m0/s1. The molecule has 2 N–H and O–H groups in total. The van der Waals surface area contributed by atoms with Crippen molar-refractivity contribution in [2.24, 2.45) is 11.8 Å². The third-order valence-electron chi connectivity index (χ3n) is 5.48. The number of hydrogen-bond donors (Lipinski definition) is 1. The predicted molar refractivity (Wildman–Crippen MR) is 122 cm³/mol. The first-order valence-corrected chi connectivity index (χ1v) is 11.5. The Labute approximate surface area is 182 Å². The molecule has 1 atom stereocenters. The molecule has 0 aliphatic rings. The minimum Gasteiger partial charge on any atom is -0.300 e. The van der Waals surface area contributed by atoms with Gasteiger partial charge in [0.25, 0.3) is 0 Å². The Morgan fingerprint density at radius 2 is 1.57 bits per heavy atom. The molecular weight excluding hydrogens is 376 g/mol. The van der Waals surface area contributed by atoms with Crippen LogP contribution in [0.2, 0.25) is 0 Å². The quantitative estimate of drug-likeness (QED) is 0.167. The van der Waals surface area contributed by atoms with Gasteiger partial charge in [0.05, 0.1) is 0 Å². The molecule has 0 spiro atoms. The van der Waals surface area contributed by atoms with Crippen LogP contribution in [-0.2, 0) is 20.8 Å². The zero-order valence-electron chi connectivity index (χ0n) is 18.9. The molecule has 0 heterocycles. The lowest BCUT2D eigenvalue weighted by atomic mass is 9.93. The molecule has 0 aliphatic carbocycles. The van der Waals surface area contributed by atoms with Gasteiger partial charge in [-0.15, -0.1) is 0 Å². The summed E-state index contributed by atoms with van der Waals surface area (Å²) < 4.78 is 0. The van der Waals surface area contributed by atoms with Gasteiger partial charge < -0.3 is 4.79 Å². The lowest BCUT2D eigenvalue weighted by Crippen LogP contribution is -2.43. The van der Waals surface area contributed by atoms with Crippen molar-refractivity contribution in [3.05, 3.63) is 35.9 Å². The molecule has 0 aliphatic heterocycles. The average molecular weight is 417 g/mol. The number of ketones is 2. The fraction of sp³-hybridized carbons (Fsp3) is 0.640. The van der Waals surface area contributed by atoms with E-state index in [2.05, 4.69) is 6.92 Å². The summed E-state index contributed by atoms with van der Waals surface area (Å²) in [6, 6.07) is 9.84. The molecule has 1 aromatic rings. The fourth-order valence-corrected chi connectivity index (χ4v) is 3.64. The lowest BCUT2D eigenvalue weighted by Gasteiger charge is -2.22. The van der Waals surface area contributed by atoms with E-state index in [1.54, 1.807) is 0 Å². The van der Waals surface area contributed by atoms with Crippen molar-refractivity contribution >= 4 is 17.5 Å². The molecule has 1 amide bonds. The molecule has 0 fully saturated rings. The molecule has 5 nitrogen and oxygen atoms in total. The molecule has 0 saturated heterocycles. The maximum Gasteiger partial charge on any atom is 0.240 e. The summed E-state index contributed by atoms with van der Waals surface area (Å²) >= 11 is 0. The van der Waals surface area contributed by atoms with E-state index in [9.17, 15) is 14.4 Å². The van der Waals surface area contributed by atoms with Gasteiger partial charge in [0, 0.05) is 31.7 Å². The Bertz CT molecular complexity index is 631. The van der Waals surface area contributed by atoms with E-state index in [1.807, 2.05) is 30.3 Å². The highest BCUT2D eigenvalue weighted by Crippen LogP contribution is 2.17. The predicted octanol–water partition coefficient (Wildman–Crippen LogP) is 5.02. The lowest BCUT2D eigenvalue weighted by molar-refractivity contribution is -0.138. The van der Waals surface area contributed by atoms with Crippen LogP contribution in [0.4, 0.5) is 0 Å². The molecule has 168 valence electrons. The number of benzene rings is 1. The number of nitrogens with zero attached hydrogens (tertiary/aromatic N) is 1. The molecule has 0 radical (unpaired) electrons. The summed E-state index contributed by atoms with van der Waals surface area (Å²) in [7, 11) is 0. The summed E-state index contributed by atoms with van der Waals surface area (Å²) in [6.45, 7) is 4.07. The van der Waals surface area contributed by atoms with Crippen LogP contribution in [0, 0.1) is 5.92 Å². The highest BCUT2D eigenvalue weighted by molar-refractivity contribution is 5.86. The van der Waals surface area contributed by atoms with Gasteiger partial charge in [-0.25, -0.2) is 5.84 Å². The largest absolute Gasteiger partial charge is 0.300 e. The number of amides is 1. The van der Waals surface area contributed by atoms with Gasteiger partial charge in [0.1, 0.15) is 11.6 Å². The van der Waals surface area contributed by atoms with E-state index in [0.717, 1.165) is 18.4 Å². The van der Waals surface area contributed by atoms with Crippen LogP contribution in [0.15, 0.2) is 30.3 Å². The summed E-state index contributed by atoms with van der Waals surface area (Å²) in [6.07, 6.45) is 10.3. The smallest absolute Gasteiger partial charge is 0.240 e. The van der Waals surface area contributed by atoms with Crippen LogP contribution >= 0.6 is 0 Å². The fourth-order valence-electron chi connectivity index (χ4n) is 3.64. The average Bonchev–Trinajstić information content (AvgIpc) is 2.74. The number of Topliss-reactive ketones (excluding diaryl/α,β-unsaturated/α-hetero) is 2. The molecule has 1 aromatic carbocycles. The Hall–Kier alpha value is -2.01. The third-order valence-corrected chi connectivity index (χ3v) is 5.48. The van der Waals surface area contributed by atoms with Crippen molar-refractivity contribution in [2.75, 3.05) is 6.54 Å². The highest BCUT2D eigenvalue weighted by atomic mass is 16.2. The Balaban J connectivity index is 2.37. The van der Waals surface area contributed by atoms with Gasteiger partial charge in [-0.3, -0.25) is 14.6 Å². The van der Waals surface area contributed by atoms with Gasteiger partial charge in [0.15, 0.2) is 0 Å². The molecular formula is C25H40N2O3. The summed E-state index contributed by atoms with van der Waals surface area (Å²) in [5.41, 5.74) is 1.11.